The van der Waals surface area contributed by atoms with E-state index in [9.17, 15) is 30.0 Å². The Bertz CT molecular complexity index is 2760. The number of carbonyl (C=O) groups is 2. The van der Waals surface area contributed by atoms with Gasteiger partial charge in [0.05, 0.1) is 0 Å². The van der Waals surface area contributed by atoms with E-state index >= 15 is 0 Å². The van der Waals surface area contributed by atoms with Crippen LogP contribution in [0.5, 0.6) is 23.0 Å². The van der Waals surface area contributed by atoms with Crippen molar-refractivity contribution in [3.8, 4) is 45.3 Å². The molecule has 8 rings (SSSR count). The average Bonchev–Trinajstić information content (AvgIpc) is 3.82. The minimum Gasteiger partial charge on any atom is -0.508 e. The van der Waals surface area contributed by atoms with Gasteiger partial charge in [-0.25, -0.2) is 0 Å². The van der Waals surface area contributed by atoms with E-state index in [4.69, 9.17) is 36.6 Å². The first-order valence-electron chi connectivity index (χ1n) is 19.4. The second kappa shape index (κ2) is 20.1. The fourth-order valence-electron chi connectivity index (χ4n) is 6.88. The summed E-state index contributed by atoms with van der Waals surface area (Å²) in [7, 11) is -4.67. The first-order chi connectivity index (χ1) is 30.2. The van der Waals surface area contributed by atoms with Crippen molar-refractivity contribution in [3.63, 3.8) is 0 Å². The van der Waals surface area contributed by atoms with Gasteiger partial charge in [0, 0.05) is 58.4 Å². The van der Waals surface area contributed by atoms with E-state index in [-0.39, 0.29) is 59.3 Å². The number of furan rings is 2. The van der Waals surface area contributed by atoms with Gasteiger partial charge in [-0.2, -0.15) is 8.42 Å². The summed E-state index contributed by atoms with van der Waals surface area (Å²) in [6.45, 7) is 0.0385. The maximum absolute atomic E-state index is 13.2. The third-order valence-electron chi connectivity index (χ3n) is 9.78. The van der Waals surface area contributed by atoms with Crippen LogP contribution in [0.4, 0.5) is 0 Å². The van der Waals surface area contributed by atoms with Gasteiger partial charge in [0.15, 0.2) is 11.5 Å². The number of rotatable bonds is 12. The number of aromatic hydroxyl groups is 4. The molecule has 63 heavy (non-hydrogen) atoms. The second-order valence-electron chi connectivity index (χ2n) is 14.2. The Morgan fingerprint density at radius 1 is 0.492 bits per heavy atom. The van der Waals surface area contributed by atoms with Gasteiger partial charge in [-0.05, 0) is 84.3 Å². The van der Waals surface area contributed by atoms with Gasteiger partial charge in [0.1, 0.15) is 34.2 Å². The monoisotopic (exact) mass is 874 g/mol. The van der Waals surface area contributed by atoms with Gasteiger partial charge in [-0.15, -0.1) is 0 Å². The van der Waals surface area contributed by atoms with Crippen LogP contribution < -0.4 is 0 Å². The van der Waals surface area contributed by atoms with E-state index in [1.54, 1.807) is 109 Å². The van der Waals surface area contributed by atoms with Crippen LogP contribution in [0.25, 0.3) is 44.2 Å². The molecule has 324 valence electrons. The highest BCUT2D eigenvalue weighted by molar-refractivity contribution is 7.79. The first-order valence-corrected chi connectivity index (χ1v) is 20.8. The van der Waals surface area contributed by atoms with Gasteiger partial charge >= 0.3 is 10.4 Å². The number of hydrogen-bond acceptors (Lipinski definition) is 12. The standard InChI is InChI=1S/2C24H20O5.H2O4S/c2*25-12-4-7-17-13-19-21(14-20(17)27)29-24(23(28)16-5-2-1-3-6-16)22(19)15-8-10-18(26)11-9-15;1-5(2,3)4/h2*1-3,5-6,8-11,13-14,25-27H,4,7,12H2;(H2,1,2,3,4). The normalized spacial score (nSPS) is 11.1. The summed E-state index contributed by atoms with van der Waals surface area (Å²) < 4.78 is 43.4. The maximum Gasteiger partial charge on any atom is 0.394 e. The molecule has 0 atom stereocenters. The van der Waals surface area contributed by atoms with Crippen molar-refractivity contribution >= 4 is 43.9 Å². The predicted molar refractivity (Wildman–Crippen MR) is 235 cm³/mol. The molecule has 15 heteroatoms. The Labute approximate surface area is 360 Å². The molecule has 2 aromatic heterocycles. The highest BCUT2D eigenvalue weighted by Crippen LogP contribution is 2.41. The zero-order chi connectivity index (χ0) is 45.3. The van der Waals surface area contributed by atoms with Crippen LogP contribution in [0.15, 0.2) is 142 Å². The van der Waals surface area contributed by atoms with Gasteiger partial charge in [-0.3, -0.25) is 18.7 Å². The van der Waals surface area contributed by atoms with Crippen LogP contribution in [0.1, 0.15) is 56.2 Å². The number of benzene rings is 6. The minimum absolute atomic E-state index is 0.0193. The highest BCUT2D eigenvalue weighted by atomic mass is 32.3. The fourth-order valence-corrected chi connectivity index (χ4v) is 6.88. The molecule has 0 amide bonds. The van der Waals surface area contributed by atoms with Crippen LogP contribution in [0.2, 0.25) is 0 Å². The topological polar surface area (TPSA) is 256 Å². The number of aryl methyl sites for hydroxylation is 2. The molecule has 8 N–H and O–H groups in total. The largest absolute Gasteiger partial charge is 0.508 e. The zero-order valence-corrected chi connectivity index (χ0v) is 34.2. The van der Waals surface area contributed by atoms with E-state index in [1.165, 1.54) is 12.1 Å². The Balaban J connectivity index is 0.000000190. The SMILES string of the molecule is O=C(c1ccccc1)c1oc2cc(O)c(CCCO)cc2c1-c1ccc(O)cc1.O=C(c1ccccc1)c1oc2cc(O)c(CCCO)cc2c1-c1ccc(O)cc1.O=S(=O)(O)O. The summed E-state index contributed by atoms with van der Waals surface area (Å²) in [5.41, 5.74) is 5.80. The molecule has 0 saturated carbocycles. The highest BCUT2D eigenvalue weighted by Gasteiger charge is 2.26. The molecule has 2 heterocycles. The molecule has 8 aromatic rings. The van der Waals surface area contributed by atoms with Gasteiger partial charge in [0.2, 0.25) is 11.6 Å². The van der Waals surface area contributed by atoms with E-state index in [2.05, 4.69) is 0 Å². The molecule has 0 saturated heterocycles. The number of fused-ring (bicyclic) bond motifs is 2. The lowest BCUT2D eigenvalue weighted by Gasteiger charge is -2.06. The van der Waals surface area contributed by atoms with Crippen LogP contribution in [-0.4, -0.2) is 72.9 Å². The molecular weight excluding hydrogens is 833 g/mol. The summed E-state index contributed by atoms with van der Waals surface area (Å²) >= 11 is 0. The van der Waals surface area contributed by atoms with Crippen molar-refractivity contribution < 1.29 is 66.6 Å². The van der Waals surface area contributed by atoms with Crippen molar-refractivity contribution in [2.45, 2.75) is 25.7 Å². The lowest BCUT2D eigenvalue weighted by molar-refractivity contribution is 0.100. The molecular formula is C48H42O14S. The van der Waals surface area contributed by atoms with Crippen molar-refractivity contribution in [2.75, 3.05) is 13.2 Å². The molecule has 0 spiro atoms. The third kappa shape index (κ3) is 11.2. The van der Waals surface area contributed by atoms with E-state index in [0.29, 0.717) is 81.0 Å². The van der Waals surface area contributed by atoms with Crippen molar-refractivity contribution in [1.29, 1.82) is 0 Å². The van der Waals surface area contributed by atoms with Crippen LogP contribution in [-0.2, 0) is 23.2 Å². The Kier molecular flexibility index (Phi) is 14.4. The molecule has 0 radical (unpaired) electrons. The second-order valence-corrected chi connectivity index (χ2v) is 15.0. The molecule has 14 nitrogen and oxygen atoms in total. The number of aliphatic hydroxyl groups excluding tert-OH is 2. The van der Waals surface area contributed by atoms with Gasteiger partial charge < -0.3 is 39.5 Å². The Hall–Kier alpha value is -7.27. The molecule has 0 fully saturated rings. The lowest BCUT2D eigenvalue weighted by Crippen LogP contribution is -2.01. The van der Waals surface area contributed by atoms with E-state index in [1.807, 2.05) is 12.1 Å². The number of phenolic OH excluding ortho intramolecular Hbond substituents is 4. The maximum atomic E-state index is 13.2. The number of carbonyl (C=O) groups excluding carboxylic acids is 2. The number of phenols is 4. The molecule has 0 aliphatic rings. The third-order valence-corrected chi connectivity index (χ3v) is 9.78. The number of aliphatic hydroxyl groups is 2. The molecule has 0 aliphatic carbocycles. The smallest absolute Gasteiger partial charge is 0.394 e. The summed E-state index contributed by atoms with van der Waals surface area (Å²) in [5.74, 6) is 0.206. The Morgan fingerprint density at radius 3 is 1.14 bits per heavy atom. The first kappa shape index (κ1) is 45.3. The fraction of sp³-hybridized carbons (Fsp3) is 0.125. The lowest BCUT2D eigenvalue weighted by atomic mass is 9.96. The average molecular weight is 875 g/mol. The molecule has 0 aliphatic heterocycles. The summed E-state index contributed by atoms with van der Waals surface area (Å²) in [4.78, 5) is 26.4. The summed E-state index contributed by atoms with van der Waals surface area (Å²) in [5, 5.41) is 59.6. The predicted octanol–water partition coefficient (Wildman–Crippen LogP) is 8.68. The molecule has 0 unspecified atom stereocenters. The quantitative estimate of drug-likeness (QED) is 0.0422. The zero-order valence-electron chi connectivity index (χ0n) is 33.4. The number of ketones is 2. The summed E-state index contributed by atoms with van der Waals surface area (Å²) in [6, 6.07) is 37.4. The van der Waals surface area contributed by atoms with E-state index in [0.717, 1.165) is 11.1 Å². The minimum atomic E-state index is -4.67. The van der Waals surface area contributed by atoms with Crippen molar-refractivity contribution in [3.05, 3.63) is 167 Å². The van der Waals surface area contributed by atoms with Gasteiger partial charge in [0.25, 0.3) is 0 Å². The van der Waals surface area contributed by atoms with Crippen molar-refractivity contribution in [2.24, 2.45) is 0 Å². The molecule has 0 bridgehead atoms. The van der Waals surface area contributed by atoms with Crippen LogP contribution in [0, 0.1) is 0 Å². The molecule has 6 aromatic carbocycles. The van der Waals surface area contributed by atoms with Crippen LogP contribution in [0.3, 0.4) is 0 Å². The Morgan fingerprint density at radius 2 is 0.825 bits per heavy atom. The van der Waals surface area contributed by atoms with Gasteiger partial charge in [-0.1, -0.05) is 84.9 Å². The van der Waals surface area contributed by atoms with Crippen molar-refractivity contribution in [1.82, 2.24) is 0 Å². The number of hydrogen-bond donors (Lipinski definition) is 8. The van der Waals surface area contributed by atoms with E-state index < -0.39 is 10.4 Å². The van der Waals surface area contributed by atoms with Crippen LogP contribution >= 0.6 is 0 Å². The summed E-state index contributed by atoms with van der Waals surface area (Å²) in [6.07, 6.45) is 2.03.